The van der Waals surface area contributed by atoms with E-state index >= 15 is 0 Å². The van der Waals surface area contributed by atoms with Crippen molar-refractivity contribution in [1.29, 1.82) is 0 Å². The highest BCUT2D eigenvalue weighted by Crippen LogP contribution is 2.24. The zero-order valence-electron chi connectivity index (χ0n) is 11.5. The van der Waals surface area contributed by atoms with Crippen LogP contribution in [-0.2, 0) is 6.54 Å². The SMILES string of the molecule is O=C(c1ccc(CN2CCC2)cc1)c1ccc(Cl)c(Cl)c1. The first kappa shape index (κ1) is 14.6. The molecule has 1 fully saturated rings. The second kappa shape index (κ2) is 6.18. The lowest BCUT2D eigenvalue weighted by atomic mass is 10.0. The molecule has 0 unspecified atom stereocenters. The Hall–Kier alpha value is -1.35. The lowest BCUT2D eigenvalue weighted by molar-refractivity contribution is 0.103. The number of hydrogen-bond donors (Lipinski definition) is 0. The minimum absolute atomic E-state index is 0.0379. The van der Waals surface area contributed by atoms with Gasteiger partial charge in [0.2, 0.25) is 0 Å². The number of rotatable bonds is 4. The Labute approximate surface area is 134 Å². The van der Waals surface area contributed by atoms with Crippen molar-refractivity contribution in [3.8, 4) is 0 Å². The summed E-state index contributed by atoms with van der Waals surface area (Å²) in [4.78, 5) is 14.8. The summed E-state index contributed by atoms with van der Waals surface area (Å²) in [5.74, 6) is -0.0379. The van der Waals surface area contributed by atoms with E-state index in [-0.39, 0.29) is 5.78 Å². The minimum atomic E-state index is -0.0379. The molecule has 1 heterocycles. The van der Waals surface area contributed by atoms with Crippen molar-refractivity contribution in [3.05, 3.63) is 69.2 Å². The van der Waals surface area contributed by atoms with Crippen LogP contribution in [0.25, 0.3) is 0 Å². The second-order valence-corrected chi connectivity index (χ2v) is 6.10. The molecule has 0 amide bonds. The predicted molar refractivity (Wildman–Crippen MR) is 86.2 cm³/mol. The van der Waals surface area contributed by atoms with Crippen LogP contribution in [0.4, 0.5) is 0 Å². The average molecular weight is 320 g/mol. The van der Waals surface area contributed by atoms with Crippen LogP contribution in [0.2, 0.25) is 10.0 Å². The maximum atomic E-state index is 12.4. The van der Waals surface area contributed by atoms with E-state index in [1.165, 1.54) is 25.1 Å². The fourth-order valence-corrected chi connectivity index (χ4v) is 2.66. The van der Waals surface area contributed by atoms with E-state index in [2.05, 4.69) is 4.90 Å². The third kappa shape index (κ3) is 3.29. The van der Waals surface area contributed by atoms with Gasteiger partial charge < -0.3 is 0 Å². The van der Waals surface area contributed by atoms with Gasteiger partial charge in [0.05, 0.1) is 10.0 Å². The first-order valence-corrected chi connectivity index (χ1v) is 7.70. The Morgan fingerprint density at radius 3 is 2.19 bits per heavy atom. The lowest BCUT2D eigenvalue weighted by Gasteiger charge is -2.30. The molecule has 1 aliphatic rings. The van der Waals surface area contributed by atoms with Crippen LogP contribution >= 0.6 is 23.2 Å². The Morgan fingerprint density at radius 1 is 0.952 bits per heavy atom. The fourth-order valence-electron chi connectivity index (χ4n) is 2.36. The second-order valence-electron chi connectivity index (χ2n) is 5.28. The molecule has 21 heavy (non-hydrogen) atoms. The summed E-state index contributed by atoms with van der Waals surface area (Å²) in [6.07, 6.45) is 1.29. The quantitative estimate of drug-likeness (QED) is 0.777. The third-order valence-electron chi connectivity index (χ3n) is 3.75. The first-order valence-electron chi connectivity index (χ1n) is 6.94. The van der Waals surface area contributed by atoms with Crippen LogP contribution in [0.3, 0.4) is 0 Å². The van der Waals surface area contributed by atoms with Crippen LogP contribution in [-0.4, -0.2) is 23.8 Å². The Balaban J connectivity index is 1.75. The van der Waals surface area contributed by atoms with Gasteiger partial charge in [-0.25, -0.2) is 0 Å². The molecule has 0 bridgehead atoms. The highest BCUT2D eigenvalue weighted by Gasteiger charge is 2.14. The fraction of sp³-hybridized carbons (Fsp3) is 0.235. The highest BCUT2D eigenvalue weighted by atomic mass is 35.5. The number of halogens is 2. The van der Waals surface area contributed by atoms with Crippen molar-refractivity contribution in [1.82, 2.24) is 4.90 Å². The van der Waals surface area contributed by atoms with Crippen molar-refractivity contribution in [2.24, 2.45) is 0 Å². The Kier molecular flexibility index (Phi) is 4.29. The van der Waals surface area contributed by atoms with Gasteiger partial charge in [-0.2, -0.15) is 0 Å². The summed E-state index contributed by atoms with van der Waals surface area (Å²) in [5, 5.41) is 0.857. The molecule has 0 spiro atoms. The molecule has 0 radical (unpaired) electrons. The van der Waals surface area contributed by atoms with Gasteiger partial charge in [-0.15, -0.1) is 0 Å². The molecule has 2 nitrogen and oxygen atoms in total. The van der Waals surface area contributed by atoms with Gasteiger partial charge in [0.1, 0.15) is 0 Å². The summed E-state index contributed by atoms with van der Waals surface area (Å²) in [7, 11) is 0. The topological polar surface area (TPSA) is 20.3 Å². The number of ketones is 1. The normalized spacial score (nSPS) is 14.8. The number of nitrogens with zero attached hydrogens (tertiary/aromatic N) is 1. The molecular formula is C17H15Cl2NO. The molecule has 4 heteroatoms. The smallest absolute Gasteiger partial charge is 0.193 e. The number of benzene rings is 2. The van der Waals surface area contributed by atoms with Gasteiger partial charge >= 0.3 is 0 Å². The Bertz CT molecular complexity index is 663. The Morgan fingerprint density at radius 2 is 1.62 bits per heavy atom. The summed E-state index contributed by atoms with van der Waals surface area (Å²) < 4.78 is 0. The first-order chi connectivity index (χ1) is 10.1. The van der Waals surface area contributed by atoms with E-state index in [1.54, 1.807) is 18.2 Å². The van der Waals surface area contributed by atoms with E-state index in [0.29, 0.717) is 21.2 Å². The van der Waals surface area contributed by atoms with Crippen LogP contribution < -0.4 is 0 Å². The zero-order chi connectivity index (χ0) is 14.8. The van der Waals surface area contributed by atoms with Gasteiger partial charge in [0.15, 0.2) is 5.78 Å². The van der Waals surface area contributed by atoms with E-state index in [4.69, 9.17) is 23.2 Å². The van der Waals surface area contributed by atoms with Gasteiger partial charge in [0, 0.05) is 17.7 Å². The number of hydrogen-bond acceptors (Lipinski definition) is 2. The summed E-state index contributed by atoms with van der Waals surface area (Å²) in [6, 6.07) is 12.7. The lowest BCUT2D eigenvalue weighted by Crippen LogP contribution is -2.36. The van der Waals surface area contributed by atoms with Gasteiger partial charge in [-0.1, -0.05) is 47.5 Å². The van der Waals surface area contributed by atoms with Crippen LogP contribution in [0, 0.1) is 0 Å². The molecule has 0 atom stereocenters. The molecule has 0 aromatic heterocycles. The van der Waals surface area contributed by atoms with Crippen LogP contribution in [0.15, 0.2) is 42.5 Å². The molecule has 0 saturated carbocycles. The summed E-state index contributed by atoms with van der Waals surface area (Å²) in [6.45, 7) is 3.30. The highest BCUT2D eigenvalue weighted by molar-refractivity contribution is 6.42. The van der Waals surface area contributed by atoms with E-state index in [0.717, 1.165) is 6.54 Å². The standard InChI is InChI=1S/C17H15Cl2NO/c18-15-7-6-14(10-16(15)19)17(21)13-4-2-12(3-5-13)11-20-8-1-9-20/h2-7,10H,1,8-9,11H2. The summed E-state index contributed by atoms with van der Waals surface area (Å²) in [5.41, 5.74) is 2.46. The zero-order valence-corrected chi connectivity index (χ0v) is 13.0. The summed E-state index contributed by atoms with van der Waals surface area (Å²) >= 11 is 11.8. The van der Waals surface area contributed by atoms with E-state index in [9.17, 15) is 4.79 Å². The van der Waals surface area contributed by atoms with Crippen molar-refractivity contribution in [2.75, 3.05) is 13.1 Å². The molecule has 3 rings (SSSR count). The number of carbonyl (C=O) groups excluding carboxylic acids is 1. The molecular weight excluding hydrogens is 305 g/mol. The van der Waals surface area contributed by atoms with E-state index < -0.39 is 0 Å². The van der Waals surface area contributed by atoms with Gasteiger partial charge in [0.25, 0.3) is 0 Å². The molecule has 1 saturated heterocycles. The number of carbonyl (C=O) groups is 1. The van der Waals surface area contributed by atoms with E-state index in [1.807, 2.05) is 24.3 Å². The minimum Gasteiger partial charge on any atom is -0.299 e. The van der Waals surface area contributed by atoms with Crippen molar-refractivity contribution >= 4 is 29.0 Å². The van der Waals surface area contributed by atoms with Crippen molar-refractivity contribution in [3.63, 3.8) is 0 Å². The third-order valence-corrected chi connectivity index (χ3v) is 4.49. The molecule has 0 N–H and O–H groups in total. The van der Waals surface area contributed by atoms with Crippen molar-refractivity contribution in [2.45, 2.75) is 13.0 Å². The molecule has 108 valence electrons. The maximum Gasteiger partial charge on any atom is 0.193 e. The van der Waals surface area contributed by atoms with Gasteiger partial charge in [-0.05, 0) is 43.3 Å². The molecule has 0 aliphatic carbocycles. The molecule has 1 aliphatic heterocycles. The average Bonchev–Trinajstić information content (AvgIpc) is 2.46. The predicted octanol–water partition coefficient (Wildman–Crippen LogP) is 4.43. The van der Waals surface area contributed by atoms with Crippen LogP contribution in [0.1, 0.15) is 27.9 Å². The largest absolute Gasteiger partial charge is 0.299 e. The molecule has 2 aromatic carbocycles. The maximum absolute atomic E-state index is 12.4. The molecule has 2 aromatic rings. The van der Waals surface area contributed by atoms with Gasteiger partial charge in [-0.3, -0.25) is 9.69 Å². The van der Waals surface area contributed by atoms with Crippen molar-refractivity contribution < 1.29 is 4.79 Å². The van der Waals surface area contributed by atoms with Crippen LogP contribution in [0.5, 0.6) is 0 Å². The number of likely N-dealkylation sites (tertiary alicyclic amines) is 1. The monoisotopic (exact) mass is 319 g/mol.